The van der Waals surface area contributed by atoms with Gasteiger partial charge in [0.15, 0.2) is 5.17 Å². The highest BCUT2D eigenvalue weighted by Gasteiger charge is 2.60. The molecule has 3 aliphatic rings. The number of nitro benzene ring substituents is 1. The Bertz CT molecular complexity index is 1260. The molecule has 2 saturated carbocycles. The number of hydrogen-bond donors (Lipinski definition) is 1. The van der Waals surface area contributed by atoms with Gasteiger partial charge in [-0.25, -0.2) is 0 Å². The zero-order valence-electron chi connectivity index (χ0n) is 18.6. The normalized spacial score (nSPS) is 29.4. The second-order valence-electron chi connectivity index (χ2n) is 9.52. The van der Waals surface area contributed by atoms with E-state index in [9.17, 15) is 14.9 Å². The fourth-order valence-electron chi connectivity index (χ4n) is 5.15. The molecule has 33 heavy (non-hydrogen) atoms. The van der Waals surface area contributed by atoms with Gasteiger partial charge < -0.3 is 4.42 Å². The number of benzene rings is 1. The zero-order chi connectivity index (χ0) is 23.4. The second-order valence-corrected chi connectivity index (χ2v) is 10.6. The molecule has 2 bridgehead atoms. The summed E-state index contributed by atoms with van der Waals surface area (Å²) in [7, 11) is 0. The third kappa shape index (κ3) is 3.60. The summed E-state index contributed by atoms with van der Waals surface area (Å²) in [6.45, 7) is 6.91. The molecule has 1 aromatic carbocycles. The minimum absolute atomic E-state index is 0.00950. The van der Waals surface area contributed by atoms with Gasteiger partial charge in [0.2, 0.25) is 0 Å². The lowest BCUT2D eigenvalue weighted by molar-refractivity contribution is -0.384. The molecule has 9 heteroatoms. The van der Waals surface area contributed by atoms with Gasteiger partial charge in [-0.1, -0.05) is 32.9 Å². The molecule has 1 aliphatic heterocycles. The van der Waals surface area contributed by atoms with E-state index < -0.39 is 4.92 Å². The van der Waals surface area contributed by atoms with Gasteiger partial charge >= 0.3 is 0 Å². The smallest absolute Gasteiger partial charge is 0.270 e. The van der Waals surface area contributed by atoms with Crippen molar-refractivity contribution >= 4 is 40.3 Å². The van der Waals surface area contributed by atoms with Gasteiger partial charge in [0, 0.05) is 34.9 Å². The van der Waals surface area contributed by atoms with E-state index >= 15 is 0 Å². The molecule has 1 amide bonds. The lowest BCUT2D eigenvalue weighted by Gasteiger charge is -2.34. The van der Waals surface area contributed by atoms with Crippen LogP contribution in [0.1, 0.15) is 45.8 Å². The van der Waals surface area contributed by atoms with Gasteiger partial charge in [-0.2, -0.15) is 5.10 Å². The van der Waals surface area contributed by atoms with Gasteiger partial charge in [0.05, 0.1) is 9.83 Å². The lowest BCUT2D eigenvalue weighted by atomic mass is 9.70. The molecule has 0 radical (unpaired) electrons. The molecular formula is C24H24N4O4S. The fourth-order valence-corrected chi connectivity index (χ4v) is 5.90. The van der Waals surface area contributed by atoms with Gasteiger partial charge in [-0.15, -0.1) is 5.10 Å². The Labute approximate surface area is 195 Å². The van der Waals surface area contributed by atoms with Crippen molar-refractivity contribution in [2.75, 3.05) is 0 Å². The van der Waals surface area contributed by atoms with Crippen molar-refractivity contribution in [1.82, 2.24) is 5.32 Å². The maximum Gasteiger partial charge on any atom is 0.270 e. The monoisotopic (exact) mass is 464 g/mol. The number of rotatable bonds is 4. The quantitative estimate of drug-likeness (QED) is 0.359. The Morgan fingerprint density at radius 3 is 2.76 bits per heavy atom. The number of nitro groups is 1. The molecule has 1 N–H and O–H groups in total. The largest absolute Gasteiger partial charge is 0.457 e. The average molecular weight is 465 g/mol. The van der Waals surface area contributed by atoms with Crippen LogP contribution in [0.15, 0.2) is 55.9 Å². The molecule has 2 aliphatic carbocycles. The molecule has 2 aromatic rings. The first-order chi connectivity index (χ1) is 15.7. The molecule has 2 atom stereocenters. The molecular weight excluding hydrogens is 440 g/mol. The van der Waals surface area contributed by atoms with Crippen LogP contribution in [0, 0.1) is 26.9 Å². The van der Waals surface area contributed by atoms with E-state index in [0.29, 0.717) is 33.1 Å². The van der Waals surface area contributed by atoms with Crippen LogP contribution in [-0.4, -0.2) is 21.7 Å². The zero-order valence-corrected chi connectivity index (χ0v) is 19.4. The summed E-state index contributed by atoms with van der Waals surface area (Å²) in [5.41, 5.74) is 1.99. The van der Waals surface area contributed by atoms with Crippen LogP contribution in [0.25, 0.3) is 17.4 Å². The number of hydrogen-bond acceptors (Lipinski definition) is 7. The summed E-state index contributed by atoms with van der Waals surface area (Å²) in [6.07, 6.45) is 4.97. The number of amides is 1. The van der Waals surface area contributed by atoms with E-state index in [0.717, 1.165) is 18.6 Å². The molecule has 2 heterocycles. The van der Waals surface area contributed by atoms with E-state index in [2.05, 4.69) is 36.3 Å². The van der Waals surface area contributed by atoms with E-state index in [1.54, 1.807) is 30.3 Å². The average Bonchev–Trinajstić information content (AvgIpc) is 3.48. The van der Waals surface area contributed by atoms with Crippen molar-refractivity contribution in [2.45, 2.75) is 40.0 Å². The van der Waals surface area contributed by atoms with Crippen molar-refractivity contribution < 1.29 is 14.1 Å². The number of thioether (sulfide) groups is 1. The number of fused-ring (bicyclic) bond motifs is 2. The first kappa shape index (κ1) is 21.6. The van der Waals surface area contributed by atoms with Crippen LogP contribution in [0.2, 0.25) is 0 Å². The Morgan fingerprint density at radius 2 is 2.06 bits per heavy atom. The standard InChI is InChI=1S/C24H24N4O4S/c1-23(2)15-9-10-24(23,3)20(12-15)26-27-22-25-21(29)19(33-22)13-17-7-8-18(32-17)14-5-4-6-16(11-14)28(30)31/h4-8,11,13,15H,9-10,12H2,1-3H3,(H,25,27,29). The molecule has 170 valence electrons. The summed E-state index contributed by atoms with van der Waals surface area (Å²) in [6, 6.07) is 9.67. The highest BCUT2D eigenvalue weighted by Crippen LogP contribution is 2.64. The highest BCUT2D eigenvalue weighted by atomic mass is 32.2. The third-order valence-electron chi connectivity index (χ3n) is 7.67. The first-order valence-corrected chi connectivity index (χ1v) is 11.7. The van der Waals surface area contributed by atoms with Crippen LogP contribution in [0.4, 0.5) is 5.69 Å². The summed E-state index contributed by atoms with van der Waals surface area (Å²) in [5.74, 6) is 1.35. The van der Waals surface area contributed by atoms with Crippen molar-refractivity contribution in [2.24, 2.45) is 27.0 Å². The minimum atomic E-state index is -0.447. The van der Waals surface area contributed by atoms with E-state index in [-0.39, 0.29) is 22.4 Å². The van der Waals surface area contributed by atoms with Crippen LogP contribution in [0.3, 0.4) is 0 Å². The van der Waals surface area contributed by atoms with E-state index in [4.69, 9.17) is 4.42 Å². The Balaban J connectivity index is 1.33. The topological polar surface area (TPSA) is 110 Å². The number of carbonyl (C=O) groups is 1. The van der Waals surface area contributed by atoms with Crippen molar-refractivity contribution in [3.8, 4) is 11.3 Å². The summed E-state index contributed by atoms with van der Waals surface area (Å²) in [5, 5.41) is 23.1. The summed E-state index contributed by atoms with van der Waals surface area (Å²) in [4.78, 5) is 23.4. The number of carbonyl (C=O) groups excluding carboxylic acids is 1. The molecule has 8 nitrogen and oxygen atoms in total. The van der Waals surface area contributed by atoms with Crippen molar-refractivity contribution in [1.29, 1.82) is 0 Å². The summed E-state index contributed by atoms with van der Waals surface area (Å²) < 4.78 is 5.80. The minimum Gasteiger partial charge on any atom is -0.457 e. The molecule has 5 rings (SSSR count). The number of nitrogens with one attached hydrogen (secondary N) is 1. The van der Waals surface area contributed by atoms with Gasteiger partial charge in [-0.3, -0.25) is 20.2 Å². The van der Waals surface area contributed by atoms with Crippen LogP contribution >= 0.6 is 11.8 Å². The number of furan rings is 1. The van der Waals surface area contributed by atoms with Crippen LogP contribution in [-0.2, 0) is 4.79 Å². The van der Waals surface area contributed by atoms with Crippen LogP contribution in [0.5, 0.6) is 0 Å². The Morgan fingerprint density at radius 1 is 1.24 bits per heavy atom. The SMILES string of the molecule is CC12CCC(CC1=N/N=C1\NC(=O)C(=Cc3ccc(-c4cccc([N+](=O)[O-])c4)o3)S1)C2(C)C. The molecule has 1 saturated heterocycles. The van der Waals surface area contributed by atoms with Gasteiger partial charge in [-0.05, 0) is 54.5 Å². The number of non-ortho nitro benzene ring substituents is 1. The predicted molar refractivity (Wildman–Crippen MR) is 129 cm³/mol. The number of nitrogens with zero attached hydrogens (tertiary/aromatic N) is 3. The molecule has 1 aromatic heterocycles. The predicted octanol–water partition coefficient (Wildman–Crippen LogP) is 5.62. The first-order valence-electron chi connectivity index (χ1n) is 10.9. The lowest BCUT2D eigenvalue weighted by Crippen LogP contribution is -2.32. The van der Waals surface area contributed by atoms with E-state index in [1.165, 1.54) is 30.3 Å². The molecule has 2 unspecified atom stereocenters. The van der Waals surface area contributed by atoms with Gasteiger partial charge in [0.1, 0.15) is 11.5 Å². The third-order valence-corrected chi connectivity index (χ3v) is 8.57. The van der Waals surface area contributed by atoms with Gasteiger partial charge in [0.25, 0.3) is 11.6 Å². The maximum atomic E-state index is 12.4. The Hall–Kier alpha value is -3.20. The highest BCUT2D eigenvalue weighted by molar-refractivity contribution is 8.18. The Kier molecular flexibility index (Phi) is 5.04. The van der Waals surface area contributed by atoms with E-state index in [1.807, 2.05) is 0 Å². The molecule has 3 fully saturated rings. The molecule has 0 spiro atoms. The van der Waals surface area contributed by atoms with Crippen LogP contribution < -0.4 is 5.32 Å². The summed E-state index contributed by atoms with van der Waals surface area (Å²) >= 11 is 1.22. The fraction of sp³-hybridized carbons (Fsp3) is 0.375. The second kappa shape index (κ2) is 7.69. The maximum absolute atomic E-state index is 12.4. The van der Waals surface area contributed by atoms with Crippen molar-refractivity contribution in [3.63, 3.8) is 0 Å². The number of amidine groups is 1. The van der Waals surface area contributed by atoms with Crippen molar-refractivity contribution in [3.05, 3.63) is 57.2 Å².